The van der Waals surface area contributed by atoms with E-state index in [0.29, 0.717) is 31.7 Å². The summed E-state index contributed by atoms with van der Waals surface area (Å²) in [5.41, 5.74) is 0.492. The van der Waals surface area contributed by atoms with Gasteiger partial charge in [0.05, 0.1) is 18.4 Å². The molecule has 0 aliphatic heterocycles. The van der Waals surface area contributed by atoms with E-state index in [1.807, 2.05) is 37.3 Å². The fourth-order valence-electron chi connectivity index (χ4n) is 3.52. The number of benzene rings is 2. The van der Waals surface area contributed by atoms with E-state index in [0.717, 1.165) is 17.7 Å². The van der Waals surface area contributed by atoms with Gasteiger partial charge in [0.25, 0.3) is 0 Å². The predicted molar refractivity (Wildman–Crippen MR) is 127 cm³/mol. The van der Waals surface area contributed by atoms with Crippen LogP contribution in [0, 0.1) is 0 Å². The number of carbonyl (C=O) groups excluding carboxylic acids is 2. The highest BCUT2D eigenvalue weighted by Gasteiger charge is 2.30. The first-order chi connectivity index (χ1) is 16.8. The SMILES string of the molecule is CCCN(CC(=O)N(CCc1ccccc1)Cc1ccco1)C(=O)Nc1ccc(C(F)(F)F)cc1. The number of hydrogen-bond donors (Lipinski definition) is 1. The Hall–Kier alpha value is -3.75. The standard InChI is InChI=1S/C26H28F3N3O3/c1-2-15-32(25(34)30-22-12-10-21(11-13-22)26(27,28)29)19-24(33)31(18-23-9-6-17-35-23)16-14-20-7-4-3-5-8-20/h3-13,17H,2,14-16,18-19H2,1H3,(H,30,34). The van der Waals surface area contributed by atoms with Crippen molar-refractivity contribution in [2.75, 3.05) is 25.0 Å². The molecule has 0 saturated heterocycles. The van der Waals surface area contributed by atoms with Crippen LogP contribution in [0.15, 0.2) is 77.4 Å². The number of carbonyl (C=O) groups is 2. The molecule has 3 amide bonds. The van der Waals surface area contributed by atoms with Crippen LogP contribution in [0.25, 0.3) is 0 Å². The van der Waals surface area contributed by atoms with E-state index >= 15 is 0 Å². The minimum atomic E-state index is -4.46. The maximum Gasteiger partial charge on any atom is 0.416 e. The molecule has 0 saturated carbocycles. The molecule has 1 N–H and O–H groups in total. The van der Waals surface area contributed by atoms with Crippen molar-refractivity contribution in [3.05, 3.63) is 89.9 Å². The summed E-state index contributed by atoms with van der Waals surface area (Å²) >= 11 is 0. The Bertz CT molecular complexity index is 1070. The van der Waals surface area contributed by atoms with Gasteiger partial charge in [-0.3, -0.25) is 4.79 Å². The predicted octanol–water partition coefficient (Wildman–Crippen LogP) is 5.81. The number of halogens is 3. The zero-order valence-electron chi connectivity index (χ0n) is 19.4. The van der Waals surface area contributed by atoms with Crippen LogP contribution < -0.4 is 5.32 Å². The largest absolute Gasteiger partial charge is 0.467 e. The lowest BCUT2D eigenvalue weighted by atomic mass is 10.1. The second-order valence-electron chi connectivity index (χ2n) is 8.06. The molecule has 2 aromatic carbocycles. The first-order valence-electron chi connectivity index (χ1n) is 11.3. The third-order valence-electron chi connectivity index (χ3n) is 5.36. The van der Waals surface area contributed by atoms with Crippen molar-refractivity contribution in [3.8, 4) is 0 Å². The lowest BCUT2D eigenvalue weighted by Crippen LogP contribution is -2.45. The number of urea groups is 1. The Balaban J connectivity index is 1.67. The second-order valence-corrected chi connectivity index (χ2v) is 8.06. The van der Waals surface area contributed by atoms with E-state index in [4.69, 9.17) is 4.42 Å². The molecule has 0 aliphatic carbocycles. The smallest absolute Gasteiger partial charge is 0.416 e. The zero-order chi connectivity index (χ0) is 25.3. The maximum atomic E-state index is 13.2. The highest BCUT2D eigenvalue weighted by molar-refractivity contribution is 5.92. The Labute approximate surface area is 202 Å². The molecule has 1 heterocycles. The monoisotopic (exact) mass is 487 g/mol. The summed E-state index contributed by atoms with van der Waals surface area (Å²) in [7, 11) is 0. The molecule has 1 aromatic heterocycles. The first kappa shape index (κ1) is 25.9. The van der Waals surface area contributed by atoms with Crippen molar-refractivity contribution in [2.24, 2.45) is 0 Å². The van der Waals surface area contributed by atoms with Crippen LogP contribution in [-0.4, -0.2) is 41.4 Å². The van der Waals surface area contributed by atoms with Crippen molar-refractivity contribution in [2.45, 2.75) is 32.5 Å². The van der Waals surface area contributed by atoms with E-state index in [9.17, 15) is 22.8 Å². The molecule has 6 nitrogen and oxygen atoms in total. The highest BCUT2D eigenvalue weighted by Crippen LogP contribution is 2.29. The fourth-order valence-corrected chi connectivity index (χ4v) is 3.52. The van der Waals surface area contributed by atoms with Gasteiger partial charge in [-0.05, 0) is 54.8 Å². The maximum absolute atomic E-state index is 13.2. The normalized spacial score (nSPS) is 11.2. The summed E-state index contributed by atoms with van der Waals surface area (Å²) in [5, 5.41) is 2.58. The third kappa shape index (κ3) is 7.91. The average Bonchev–Trinajstić information content (AvgIpc) is 3.35. The molecule has 186 valence electrons. The number of nitrogens with one attached hydrogen (secondary N) is 1. The van der Waals surface area contributed by atoms with Crippen LogP contribution in [0.4, 0.5) is 23.7 Å². The number of amides is 3. The van der Waals surface area contributed by atoms with Crippen molar-refractivity contribution in [3.63, 3.8) is 0 Å². The summed E-state index contributed by atoms with van der Waals surface area (Å²) < 4.78 is 43.8. The molecular formula is C26H28F3N3O3. The molecule has 0 radical (unpaired) electrons. The molecule has 0 aliphatic rings. The minimum Gasteiger partial charge on any atom is -0.467 e. The third-order valence-corrected chi connectivity index (χ3v) is 5.36. The van der Waals surface area contributed by atoms with E-state index in [1.165, 1.54) is 23.3 Å². The van der Waals surface area contributed by atoms with Crippen LogP contribution in [0.5, 0.6) is 0 Å². The van der Waals surface area contributed by atoms with E-state index < -0.39 is 17.8 Å². The molecule has 3 aromatic rings. The molecular weight excluding hydrogens is 459 g/mol. The Morgan fingerprint density at radius 2 is 1.63 bits per heavy atom. The van der Waals surface area contributed by atoms with Gasteiger partial charge in [-0.15, -0.1) is 0 Å². The van der Waals surface area contributed by atoms with Crippen LogP contribution >= 0.6 is 0 Å². The summed E-state index contributed by atoms with van der Waals surface area (Å²) in [5.74, 6) is 0.371. The summed E-state index contributed by atoms with van der Waals surface area (Å²) in [6.07, 6.45) is -1.68. The summed E-state index contributed by atoms with van der Waals surface area (Å²) in [6, 6.07) is 16.9. The lowest BCUT2D eigenvalue weighted by Gasteiger charge is -2.27. The van der Waals surface area contributed by atoms with Crippen molar-refractivity contribution in [1.82, 2.24) is 9.80 Å². The van der Waals surface area contributed by atoms with E-state index in [-0.39, 0.29) is 24.7 Å². The van der Waals surface area contributed by atoms with E-state index in [2.05, 4.69) is 5.32 Å². The van der Waals surface area contributed by atoms with Gasteiger partial charge in [0, 0.05) is 18.8 Å². The molecule has 0 fully saturated rings. The average molecular weight is 488 g/mol. The van der Waals surface area contributed by atoms with Gasteiger partial charge in [-0.25, -0.2) is 4.79 Å². The fraction of sp³-hybridized carbons (Fsp3) is 0.308. The number of anilines is 1. The van der Waals surface area contributed by atoms with Gasteiger partial charge in [0.1, 0.15) is 12.3 Å². The molecule has 0 atom stereocenters. The Morgan fingerprint density at radius 1 is 0.914 bits per heavy atom. The summed E-state index contributed by atoms with van der Waals surface area (Å²) in [4.78, 5) is 29.1. The van der Waals surface area contributed by atoms with E-state index in [1.54, 1.807) is 17.0 Å². The Kier molecular flexibility index (Phi) is 8.94. The quantitative estimate of drug-likeness (QED) is 0.392. The lowest BCUT2D eigenvalue weighted by molar-refractivity contribution is -0.137. The van der Waals surface area contributed by atoms with Crippen molar-refractivity contribution < 1.29 is 27.2 Å². The van der Waals surface area contributed by atoms with Gasteiger partial charge >= 0.3 is 12.2 Å². The van der Waals surface area contributed by atoms with Crippen LogP contribution in [-0.2, 0) is 23.9 Å². The molecule has 0 bridgehead atoms. The summed E-state index contributed by atoms with van der Waals surface area (Å²) in [6.45, 7) is 2.71. The van der Waals surface area contributed by atoms with Crippen LogP contribution in [0.1, 0.15) is 30.2 Å². The molecule has 9 heteroatoms. The Morgan fingerprint density at radius 3 is 2.23 bits per heavy atom. The minimum absolute atomic E-state index is 0.171. The van der Waals surface area contributed by atoms with Crippen LogP contribution in [0.2, 0.25) is 0 Å². The van der Waals surface area contributed by atoms with Crippen molar-refractivity contribution >= 4 is 17.6 Å². The van der Waals surface area contributed by atoms with Gasteiger partial charge in [-0.1, -0.05) is 37.3 Å². The number of nitrogens with zero attached hydrogens (tertiary/aromatic N) is 2. The number of furan rings is 1. The molecule has 35 heavy (non-hydrogen) atoms. The number of alkyl halides is 3. The zero-order valence-corrected chi connectivity index (χ0v) is 19.4. The highest BCUT2D eigenvalue weighted by atomic mass is 19.4. The van der Waals surface area contributed by atoms with Gasteiger partial charge in [0.15, 0.2) is 0 Å². The van der Waals surface area contributed by atoms with Gasteiger partial charge in [0.2, 0.25) is 5.91 Å². The molecule has 0 unspecified atom stereocenters. The van der Waals surface area contributed by atoms with Crippen molar-refractivity contribution in [1.29, 1.82) is 0 Å². The number of hydrogen-bond acceptors (Lipinski definition) is 3. The number of rotatable bonds is 10. The van der Waals surface area contributed by atoms with Gasteiger partial charge in [-0.2, -0.15) is 13.2 Å². The van der Waals surface area contributed by atoms with Crippen LogP contribution in [0.3, 0.4) is 0 Å². The van der Waals surface area contributed by atoms with Gasteiger partial charge < -0.3 is 19.5 Å². The second kappa shape index (κ2) is 12.1. The molecule has 3 rings (SSSR count). The first-order valence-corrected chi connectivity index (χ1v) is 11.3. The molecule has 0 spiro atoms. The topological polar surface area (TPSA) is 65.8 Å².